The first kappa shape index (κ1) is 46.9. The Morgan fingerprint density at radius 2 is 0.607 bits per heavy atom. The second-order valence-corrected chi connectivity index (χ2v) is 23.0. The molecule has 84 heavy (non-hydrogen) atoms. The molecule has 0 fully saturated rings. The van der Waals surface area contributed by atoms with Gasteiger partial charge in [0.05, 0.1) is 10.8 Å². The van der Waals surface area contributed by atoms with Crippen LogP contribution in [0.2, 0.25) is 0 Å². The maximum atomic E-state index is 7.30. The molecule has 2 nitrogen and oxygen atoms in total. The minimum absolute atomic E-state index is 0.440. The number of nitrogens with zero attached hydrogens (tertiary/aromatic N) is 1. The van der Waals surface area contributed by atoms with Gasteiger partial charge in [0.25, 0.3) is 0 Å². The molecule has 0 N–H and O–H groups in total. The summed E-state index contributed by atoms with van der Waals surface area (Å²) in [6, 6.07) is 115. The van der Waals surface area contributed by atoms with E-state index in [1.165, 1.54) is 77.9 Å². The predicted molar refractivity (Wildman–Crippen MR) is 346 cm³/mol. The van der Waals surface area contributed by atoms with Gasteiger partial charge in [-0.3, -0.25) is 0 Å². The zero-order valence-electron chi connectivity index (χ0n) is 45.8. The van der Waals surface area contributed by atoms with E-state index in [2.05, 4.69) is 314 Å². The van der Waals surface area contributed by atoms with Gasteiger partial charge in [-0.2, -0.15) is 0 Å². The Morgan fingerprint density at radius 3 is 1.14 bits per heavy atom. The average Bonchev–Trinajstić information content (AvgIpc) is 1.79. The minimum Gasteiger partial charge on any atom is -0.455 e. The average molecular weight is 1070 g/mol. The van der Waals surface area contributed by atoms with Crippen molar-refractivity contribution in [1.29, 1.82) is 0 Å². The molecule has 18 rings (SSSR count). The Labute approximate surface area is 488 Å². The third kappa shape index (κ3) is 6.45. The molecule has 0 atom stereocenters. The predicted octanol–water partition coefficient (Wildman–Crippen LogP) is 21.3. The van der Waals surface area contributed by atoms with E-state index in [1.54, 1.807) is 0 Å². The lowest BCUT2D eigenvalue weighted by molar-refractivity contribution is 0.447. The molecule has 2 heteroatoms. The molecule has 14 aromatic carbocycles. The first-order valence-corrected chi connectivity index (χ1v) is 29.2. The Hall–Kier alpha value is -10.8. The van der Waals surface area contributed by atoms with Gasteiger partial charge in [0.1, 0.15) is 11.5 Å². The molecule has 0 unspecified atom stereocenters. The summed E-state index contributed by atoms with van der Waals surface area (Å²) in [5.74, 6) is 1.84. The lowest BCUT2D eigenvalue weighted by Crippen LogP contribution is -2.32. The van der Waals surface area contributed by atoms with Crippen LogP contribution in [0.1, 0.15) is 44.5 Å². The monoisotopic (exact) mass is 1070 g/mol. The summed E-state index contributed by atoms with van der Waals surface area (Å²) in [7, 11) is 0. The molecule has 1 aliphatic heterocycles. The molecule has 0 amide bonds. The molecule has 0 saturated heterocycles. The van der Waals surface area contributed by atoms with E-state index in [4.69, 9.17) is 4.74 Å². The highest BCUT2D eigenvalue weighted by Crippen LogP contribution is 2.66. The van der Waals surface area contributed by atoms with Crippen molar-refractivity contribution in [2.24, 2.45) is 0 Å². The number of anilines is 3. The minimum atomic E-state index is -0.649. The topological polar surface area (TPSA) is 12.5 Å². The molecule has 0 radical (unpaired) electrons. The molecule has 0 saturated carbocycles. The summed E-state index contributed by atoms with van der Waals surface area (Å²) in [4.78, 5) is 2.48. The van der Waals surface area contributed by atoms with Gasteiger partial charge in [-0.15, -0.1) is 0 Å². The quantitative estimate of drug-likeness (QED) is 0.165. The van der Waals surface area contributed by atoms with E-state index in [0.29, 0.717) is 0 Å². The van der Waals surface area contributed by atoms with Crippen LogP contribution in [-0.2, 0) is 10.8 Å². The molecule has 2 spiro atoms. The smallest absolute Gasteiger partial charge is 0.140 e. The van der Waals surface area contributed by atoms with Gasteiger partial charge in [-0.05, 0) is 159 Å². The van der Waals surface area contributed by atoms with Gasteiger partial charge in [0.2, 0.25) is 0 Å². The van der Waals surface area contributed by atoms with Gasteiger partial charge in [-0.25, -0.2) is 0 Å². The second-order valence-electron chi connectivity index (χ2n) is 23.0. The van der Waals surface area contributed by atoms with Crippen LogP contribution in [0.4, 0.5) is 17.1 Å². The second kappa shape index (κ2) is 17.8. The van der Waals surface area contributed by atoms with Gasteiger partial charge in [0.15, 0.2) is 0 Å². The first-order chi connectivity index (χ1) is 41.6. The van der Waals surface area contributed by atoms with Gasteiger partial charge in [-0.1, -0.05) is 261 Å². The van der Waals surface area contributed by atoms with E-state index >= 15 is 0 Å². The normalized spacial score (nSPS) is 13.8. The molecular weight excluding hydrogens is 1010 g/mol. The van der Waals surface area contributed by atoms with Crippen molar-refractivity contribution in [2.75, 3.05) is 4.90 Å². The number of benzene rings is 14. The van der Waals surface area contributed by atoms with Crippen LogP contribution in [0.15, 0.2) is 309 Å². The van der Waals surface area contributed by atoms with Gasteiger partial charge in [0, 0.05) is 39.0 Å². The van der Waals surface area contributed by atoms with Crippen LogP contribution >= 0.6 is 0 Å². The van der Waals surface area contributed by atoms with E-state index in [0.717, 1.165) is 83.5 Å². The van der Waals surface area contributed by atoms with Crippen molar-refractivity contribution >= 4 is 38.6 Å². The SMILES string of the molecule is c1ccc(-c2cc(-c3ccccc3)cc(N(c3ccc(-c4ccc5c(c4)C4(c6ccccc6-5)c5ccc6ccccc6c5Oc5c4ccc4ccccc54)cc3)c3ccc4c(c3)-c3ccccc3C43c4ccccc4-c4ccccc43)c2)cc1. The van der Waals surface area contributed by atoms with Crippen LogP contribution in [-0.4, -0.2) is 0 Å². The van der Waals surface area contributed by atoms with Crippen LogP contribution in [0.3, 0.4) is 0 Å². The fraction of sp³-hybridized carbons (Fsp3) is 0.0244. The lowest BCUT2D eigenvalue weighted by Gasteiger charge is -2.40. The highest BCUT2D eigenvalue weighted by molar-refractivity contribution is 6.01. The molecule has 0 bridgehead atoms. The molecular formula is C82H51NO. The third-order valence-corrected chi connectivity index (χ3v) is 18.9. The van der Waals surface area contributed by atoms with E-state index in [9.17, 15) is 0 Å². The highest BCUT2D eigenvalue weighted by atomic mass is 16.5. The Bertz CT molecular complexity index is 4870. The molecule has 3 aliphatic carbocycles. The Morgan fingerprint density at radius 1 is 0.214 bits per heavy atom. The molecule has 14 aromatic rings. The number of fused-ring (bicyclic) bond motifs is 23. The number of hydrogen-bond donors (Lipinski definition) is 0. The van der Waals surface area contributed by atoms with Crippen molar-refractivity contribution in [3.8, 4) is 78.3 Å². The van der Waals surface area contributed by atoms with Crippen molar-refractivity contribution in [2.45, 2.75) is 10.8 Å². The molecule has 0 aromatic heterocycles. The number of ether oxygens (including phenoxy) is 1. The molecule has 1 heterocycles. The lowest BCUT2D eigenvalue weighted by atomic mass is 9.65. The first-order valence-electron chi connectivity index (χ1n) is 29.2. The number of rotatable bonds is 6. The van der Waals surface area contributed by atoms with E-state index < -0.39 is 10.8 Å². The summed E-state index contributed by atoms with van der Waals surface area (Å²) in [6.45, 7) is 0. The summed E-state index contributed by atoms with van der Waals surface area (Å²) < 4.78 is 7.30. The maximum absolute atomic E-state index is 7.30. The van der Waals surface area contributed by atoms with Crippen molar-refractivity contribution in [3.63, 3.8) is 0 Å². The fourth-order valence-electron chi connectivity index (χ4n) is 15.4. The third-order valence-electron chi connectivity index (χ3n) is 18.9. The van der Waals surface area contributed by atoms with Crippen molar-refractivity contribution in [3.05, 3.63) is 354 Å². The van der Waals surface area contributed by atoms with E-state index in [-0.39, 0.29) is 0 Å². The van der Waals surface area contributed by atoms with Crippen molar-refractivity contribution in [1.82, 2.24) is 0 Å². The van der Waals surface area contributed by atoms with Crippen LogP contribution < -0.4 is 9.64 Å². The van der Waals surface area contributed by atoms with Gasteiger partial charge >= 0.3 is 0 Å². The standard InChI is InChI=1S/C82H51NO/c1-3-19-52(20-4-1)58-47-59(53-21-5-2-6-22-53)49-62(48-58)83(61-42-46-75-70(51-61)68-30-14-18-34-74(68)81(75)71-31-15-11-27-65(71)66-28-12-16-32-72(66)81)60-40-35-54(36-41-60)57-37-43-69-67-29-13-17-33-73(67)82(78(69)50-57)76-44-38-55-23-7-9-25-63(55)79(76)84-80-64-26-10-8-24-56(64)39-45-77(80)82/h1-51H. The Balaban J connectivity index is 0.836. The maximum Gasteiger partial charge on any atom is 0.140 e. The molecule has 4 aliphatic rings. The van der Waals surface area contributed by atoms with Crippen LogP contribution in [0.25, 0.3) is 88.3 Å². The Kier molecular flexibility index (Phi) is 9.97. The fourth-order valence-corrected chi connectivity index (χ4v) is 15.4. The largest absolute Gasteiger partial charge is 0.455 e. The summed E-state index contributed by atoms with van der Waals surface area (Å²) in [5.41, 5.74) is 26.9. The summed E-state index contributed by atoms with van der Waals surface area (Å²) in [6.07, 6.45) is 0. The highest BCUT2D eigenvalue weighted by Gasteiger charge is 2.53. The van der Waals surface area contributed by atoms with E-state index in [1.807, 2.05) is 0 Å². The number of hydrogen-bond acceptors (Lipinski definition) is 2. The zero-order chi connectivity index (χ0) is 55.1. The van der Waals surface area contributed by atoms with Crippen LogP contribution in [0.5, 0.6) is 11.5 Å². The van der Waals surface area contributed by atoms with Crippen molar-refractivity contribution < 1.29 is 4.74 Å². The summed E-state index contributed by atoms with van der Waals surface area (Å²) in [5, 5.41) is 4.54. The summed E-state index contributed by atoms with van der Waals surface area (Å²) >= 11 is 0. The van der Waals surface area contributed by atoms with Gasteiger partial charge < -0.3 is 9.64 Å². The van der Waals surface area contributed by atoms with Crippen LogP contribution in [0, 0.1) is 0 Å². The zero-order valence-corrected chi connectivity index (χ0v) is 45.8. The molecule has 390 valence electrons.